The molecule has 1 aromatic heterocycles. The van der Waals surface area contributed by atoms with E-state index in [9.17, 15) is 4.79 Å². The summed E-state index contributed by atoms with van der Waals surface area (Å²) >= 11 is 4.83. The number of allylic oxidation sites excluding steroid dienone is 4. The summed E-state index contributed by atoms with van der Waals surface area (Å²) in [4.78, 5) is 14.1. The number of benzene rings is 1. The lowest BCUT2D eigenvalue weighted by molar-refractivity contribution is 1.19. The first-order valence-corrected chi connectivity index (χ1v) is 7.63. The average Bonchev–Trinajstić information content (AvgIpc) is 2.46. The zero-order valence-electron chi connectivity index (χ0n) is 10.3. The molecule has 19 heavy (non-hydrogen) atoms. The molecular weight excluding hydrogens is 320 g/mol. The van der Waals surface area contributed by atoms with Crippen LogP contribution in [0.2, 0.25) is 0 Å². The molecule has 0 fully saturated rings. The highest BCUT2D eigenvalue weighted by molar-refractivity contribution is 9.11. The van der Waals surface area contributed by atoms with Crippen LogP contribution in [0.4, 0.5) is 0 Å². The van der Waals surface area contributed by atoms with Gasteiger partial charge in [0.1, 0.15) is 0 Å². The highest BCUT2D eigenvalue weighted by Gasteiger charge is 2.05. The van der Waals surface area contributed by atoms with Crippen LogP contribution in [-0.4, -0.2) is 0 Å². The molecule has 0 unspecified atom stereocenters. The van der Waals surface area contributed by atoms with Crippen molar-refractivity contribution in [2.45, 2.75) is 6.42 Å². The van der Waals surface area contributed by atoms with Gasteiger partial charge in [0.2, 0.25) is 0 Å². The van der Waals surface area contributed by atoms with Crippen molar-refractivity contribution >= 4 is 37.4 Å². The lowest BCUT2D eigenvalue weighted by atomic mass is 10.1. The summed E-state index contributed by atoms with van der Waals surface area (Å²) in [5.41, 5.74) is 1.96. The summed E-state index contributed by atoms with van der Waals surface area (Å²) in [6.45, 7) is 3.79. The Morgan fingerprint density at radius 3 is 2.89 bits per heavy atom. The van der Waals surface area contributed by atoms with Gasteiger partial charge in [-0.05, 0) is 28.1 Å². The second-order valence-electron chi connectivity index (χ2n) is 4.03. The van der Waals surface area contributed by atoms with Crippen molar-refractivity contribution in [1.29, 1.82) is 0 Å². The van der Waals surface area contributed by atoms with Gasteiger partial charge in [-0.1, -0.05) is 52.9 Å². The summed E-state index contributed by atoms with van der Waals surface area (Å²) < 4.78 is 1.03. The summed E-state index contributed by atoms with van der Waals surface area (Å²) in [5.74, 6) is 0. The molecule has 0 atom stereocenters. The van der Waals surface area contributed by atoms with Gasteiger partial charge in [0.05, 0.1) is 0 Å². The van der Waals surface area contributed by atoms with E-state index in [2.05, 4.69) is 22.5 Å². The Kier molecular flexibility index (Phi) is 4.88. The molecule has 1 aromatic carbocycles. The van der Waals surface area contributed by atoms with Gasteiger partial charge < -0.3 is 0 Å². The topological polar surface area (TPSA) is 17.1 Å². The van der Waals surface area contributed by atoms with E-state index >= 15 is 0 Å². The molecule has 0 saturated heterocycles. The minimum absolute atomic E-state index is 0.116. The summed E-state index contributed by atoms with van der Waals surface area (Å²) in [7, 11) is 0. The van der Waals surface area contributed by atoms with Crippen LogP contribution in [0.1, 0.15) is 5.56 Å². The summed E-state index contributed by atoms with van der Waals surface area (Å²) in [6, 6.07) is 7.71. The van der Waals surface area contributed by atoms with Crippen molar-refractivity contribution in [3.8, 4) is 0 Å². The molecule has 0 saturated carbocycles. The first kappa shape index (κ1) is 14.0. The smallest absolute Gasteiger partial charge is 0.191 e. The van der Waals surface area contributed by atoms with Crippen LogP contribution in [0.3, 0.4) is 0 Å². The molecule has 2 rings (SSSR count). The van der Waals surface area contributed by atoms with Crippen LogP contribution in [0.25, 0.3) is 10.1 Å². The van der Waals surface area contributed by atoms with Gasteiger partial charge in [0, 0.05) is 22.1 Å². The number of hydrogen-bond donors (Lipinski definition) is 0. The summed E-state index contributed by atoms with van der Waals surface area (Å²) in [5, 5.41) is 2.74. The molecule has 0 N–H and O–H groups in total. The maximum absolute atomic E-state index is 12.4. The Morgan fingerprint density at radius 1 is 1.37 bits per heavy atom. The second kappa shape index (κ2) is 6.64. The van der Waals surface area contributed by atoms with E-state index in [0.717, 1.165) is 21.2 Å². The Balaban J connectivity index is 2.44. The fourth-order valence-corrected chi connectivity index (χ4v) is 2.88. The lowest BCUT2D eigenvalue weighted by Crippen LogP contribution is -2.08. The van der Waals surface area contributed by atoms with Gasteiger partial charge in [0.15, 0.2) is 5.43 Å². The third-order valence-corrected chi connectivity index (χ3v) is 4.11. The molecule has 0 amide bonds. The van der Waals surface area contributed by atoms with Crippen LogP contribution < -0.4 is 5.43 Å². The highest BCUT2D eigenvalue weighted by Crippen LogP contribution is 2.18. The Bertz CT molecular complexity index is 710. The zero-order valence-corrected chi connectivity index (χ0v) is 12.7. The largest absolute Gasteiger partial charge is 0.289 e. The van der Waals surface area contributed by atoms with Gasteiger partial charge in [-0.15, -0.1) is 11.3 Å². The van der Waals surface area contributed by atoms with Crippen LogP contribution in [0, 0.1) is 0 Å². The van der Waals surface area contributed by atoms with E-state index in [1.54, 1.807) is 22.4 Å². The number of rotatable bonds is 4. The normalized spacial score (nSPS) is 12.2. The molecule has 0 aliphatic rings. The standard InChI is InChI=1S/C16H13BrOS/c1-2-12(6-5-9-17)10-13-11-19-15-8-4-3-7-14(15)16(13)18/h2-9,11H,1,10H2. The van der Waals surface area contributed by atoms with E-state index in [-0.39, 0.29) is 5.43 Å². The summed E-state index contributed by atoms with van der Waals surface area (Å²) in [6.07, 6.45) is 6.22. The molecule has 0 spiro atoms. The van der Waals surface area contributed by atoms with Crippen molar-refractivity contribution < 1.29 is 0 Å². The van der Waals surface area contributed by atoms with Gasteiger partial charge in [-0.3, -0.25) is 4.79 Å². The zero-order chi connectivity index (χ0) is 13.7. The third kappa shape index (κ3) is 3.31. The SMILES string of the molecule is C=CC(=CC=CBr)Cc1csc2ccccc2c1=O. The molecule has 0 aliphatic carbocycles. The molecule has 1 nitrogen and oxygen atoms in total. The average molecular weight is 333 g/mol. The predicted molar refractivity (Wildman–Crippen MR) is 88.1 cm³/mol. The number of halogens is 1. The van der Waals surface area contributed by atoms with E-state index in [1.807, 2.05) is 41.8 Å². The molecule has 96 valence electrons. The first-order chi connectivity index (χ1) is 9.26. The van der Waals surface area contributed by atoms with Crippen LogP contribution in [0.5, 0.6) is 0 Å². The van der Waals surface area contributed by atoms with Crippen molar-refractivity contribution in [1.82, 2.24) is 0 Å². The van der Waals surface area contributed by atoms with Crippen LogP contribution in [0.15, 0.2) is 69.8 Å². The van der Waals surface area contributed by atoms with Gasteiger partial charge in [-0.2, -0.15) is 0 Å². The Labute approximate surface area is 124 Å². The maximum atomic E-state index is 12.4. The second-order valence-corrected chi connectivity index (χ2v) is 5.47. The monoisotopic (exact) mass is 332 g/mol. The molecule has 2 aromatic rings. The molecular formula is C16H13BrOS. The van der Waals surface area contributed by atoms with E-state index in [1.165, 1.54) is 0 Å². The Hall–Kier alpha value is -1.45. The van der Waals surface area contributed by atoms with Crippen LogP contribution in [-0.2, 0) is 6.42 Å². The molecule has 0 aliphatic heterocycles. The molecule has 0 bridgehead atoms. The van der Waals surface area contributed by atoms with E-state index in [0.29, 0.717) is 6.42 Å². The number of fused-ring (bicyclic) bond motifs is 1. The van der Waals surface area contributed by atoms with E-state index in [4.69, 9.17) is 0 Å². The maximum Gasteiger partial charge on any atom is 0.191 e. The van der Waals surface area contributed by atoms with Crippen molar-refractivity contribution in [3.63, 3.8) is 0 Å². The fraction of sp³-hybridized carbons (Fsp3) is 0.0625. The minimum Gasteiger partial charge on any atom is -0.289 e. The molecule has 0 radical (unpaired) electrons. The van der Waals surface area contributed by atoms with Crippen molar-refractivity contribution in [2.75, 3.05) is 0 Å². The van der Waals surface area contributed by atoms with Crippen LogP contribution >= 0.6 is 27.3 Å². The third-order valence-electron chi connectivity index (χ3n) is 2.79. The van der Waals surface area contributed by atoms with Gasteiger partial charge in [-0.25, -0.2) is 0 Å². The highest BCUT2D eigenvalue weighted by atomic mass is 79.9. The molecule has 1 heterocycles. The molecule has 3 heteroatoms. The fourth-order valence-electron chi connectivity index (χ4n) is 1.82. The number of hydrogen-bond acceptors (Lipinski definition) is 2. The van der Waals surface area contributed by atoms with E-state index < -0.39 is 0 Å². The van der Waals surface area contributed by atoms with Gasteiger partial charge in [0.25, 0.3) is 0 Å². The van der Waals surface area contributed by atoms with Crippen molar-refractivity contribution in [2.24, 2.45) is 0 Å². The Morgan fingerprint density at radius 2 is 2.16 bits per heavy atom. The quantitative estimate of drug-likeness (QED) is 0.733. The predicted octanol–water partition coefficient (Wildman–Crippen LogP) is 4.83. The van der Waals surface area contributed by atoms with Gasteiger partial charge >= 0.3 is 0 Å². The van der Waals surface area contributed by atoms with Crippen molar-refractivity contribution in [3.05, 3.63) is 80.8 Å². The lowest BCUT2D eigenvalue weighted by Gasteiger charge is -2.03. The first-order valence-electron chi connectivity index (χ1n) is 5.84. The minimum atomic E-state index is 0.116.